The van der Waals surface area contributed by atoms with E-state index in [1.54, 1.807) is 42.5 Å². The molecule has 1 aliphatic heterocycles. The number of ether oxygens (including phenoxy) is 1. The Morgan fingerprint density at radius 1 is 1.00 bits per heavy atom. The monoisotopic (exact) mass is 433 g/mol. The van der Waals surface area contributed by atoms with Crippen LogP contribution in [0.2, 0.25) is 5.02 Å². The van der Waals surface area contributed by atoms with E-state index >= 15 is 0 Å². The first-order valence-electron chi connectivity index (χ1n) is 9.86. The number of ketones is 1. The number of rotatable bonds is 5. The van der Waals surface area contributed by atoms with E-state index in [0.29, 0.717) is 34.2 Å². The maximum Gasteiger partial charge on any atom is 0.300 e. The lowest BCUT2D eigenvalue weighted by Gasteiger charge is -2.25. The van der Waals surface area contributed by atoms with Crippen molar-refractivity contribution in [3.63, 3.8) is 0 Å². The highest BCUT2D eigenvalue weighted by Crippen LogP contribution is 2.42. The van der Waals surface area contributed by atoms with Crippen molar-refractivity contribution in [1.29, 1.82) is 0 Å². The van der Waals surface area contributed by atoms with Crippen LogP contribution in [0, 0.1) is 0 Å². The second-order valence-corrected chi connectivity index (χ2v) is 7.40. The molecule has 1 atom stereocenters. The van der Waals surface area contributed by atoms with Crippen LogP contribution in [0.25, 0.3) is 5.76 Å². The summed E-state index contributed by atoms with van der Waals surface area (Å²) in [7, 11) is 0. The van der Waals surface area contributed by atoms with Crippen molar-refractivity contribution in [3.8, 4) is 5.75 Å². The van der Waals surface area contributed by atoms with Gasteiger partial charge in [-0.3, -0.25) is 14.5 Å². The molecule has 1 unspecified atom stereocenters. The molecule has 1 aliphatic rings. The first-order valence-corrected chi connectivity index (χ1v) is 10.2. The summed E-state index contributed by atoms with van der Waals surface area (Å²) in [5.74, 6) is -1.33. The van der Waals surface area contributed by atoms with Gasteiger partial charge in [-0.15, -0.1) is 0 Å². The predicted octanol–water partition coefficient (Wildman–Crippen LogP) is 5.37. The van der Waals surface area contributed by atoms with Gasteiger partial charge >= 0.3 is 0 Å². The van der Waals surface area contributed by atoms with E-state index < -0.39 is 17.7 Å². The third-order valence-electron chi connectivity index (χ3n) is 5.10. The van der Waals surface area contributed by atoms with Gasteiger partial charge in [0.2, 0.25) is 0 Å². The Kier molecular flexibility index (Phi) is 5.78. The van der Waals surface area contributed by atoms with E-state index in [2.05, 4.69) is 0 Å². The normalized spacial score (nSPS) is 17.7. The summed E-state index contributed by atoms with van der Waals surface area (Å²) in [5.41, 5.74) is 1.65. The minimum atomic E-state index is -0.769. The van der Waals surface area contributed by atoms with Crippen LogP contribution in [0.5, 0.6) is 5.75 Å². The zero-order chi connectivity index (χ0) is 22.0. The molecule has 0 aromatic heterocycles. The number of amides is 1. The molecule has 6 heteroatoms. The van der Waals surface area contributed by atoms with Gasteiger partial charge in [0, 0.05) is 11.3 Å². The van der Waals surface area contributed by atoms with Gasteiger partial charge in [0.25, 0.3) is 11.7 Å². The topological polar surface area (TPSA) is 66.8 Å². The van der Waals surface area contributed by atoms with Crippen molar-refractivity contribution in [2.75, 3.05) is 11.5 Å². The van der Waals surface area contributed by atoms with Gasteiger partial charge in [-0.05, 0) is 42.8 Å². The summed E-state index contributed by atoms with van der Waals surface area (Å²) in [5, 5.41) is 11.6. The standard InChI is InChI=1S/C25H20ClNO4/c1-2-31-20-15-17(13-14-19(20)26)23(28)21-22(16-9-5-3-6-10-16)27(25(30)24(21)29)18-11-7-4-8-12-18/h3-15,22,28H,2H2,1H3/b23-21-. The largest absolute Gasteiger partial charge is 0.507 e. The van der Waals surface area contributed by atoms with Crippen molar-refractivity contribution < 1.29 is 19.4 Å². The quantitative estimate of drug-likeness (QED) is 0.334. The van der Waals surface area contributed by atoms with E-state index in [1.807, 2.05) is 43.3 Å². The van der Waals surface area contributed by atoms with Crippen molar-refractivity contribution in [2.24, 2.45) is 0 Å². The third-order valence-corrected chi connectivity index (χ3v) is 5.41. The molecule has 1 N–H and O–H groups in total. The highest BCUT2D eigenvalue weighted by atomic mass is 35.5. The molecule has 0 saturated carbocycles. The first-order chi connectivity index (χ1) is 15.0. The van der Waals surface area contributed by atoms with Crippen LogP contribution in [0.3, 0.4) is 0 Å². The molecule has 1 amide bonds. The minimum absolute atomic E-state index is 0.0184. The molecule has 4 rings (SSSR count). The number of para-hydroxylation sites is 1. The molecule has 1 saturated heterocycles. The minimum Gasteiger partial charge on any atom is -0.507 e. The average molecular weight is 434 g/mol. The van der Waals surface area contributed by atoms with Crippen LogP contribution in [0.4, 0.5) is 5.69 Å². The predicted molar refractivity (Wildman–Crippen MR) is 120 cm³/mol. The lowest BCUT2D eigenvalue weighted by molar-refractivity contribution is -0.132. The van der Waals surface area contributed by atoms with Crippen LogP contribution in [0.15, 0.2) is 84.4 Å². The Bertz CT molecular complexity index is 1160. The highest BCUT2D eigenvalue weighted by molar-refractivity contribution is 6.51. The Balaban J connectivity index is 1.92. The maximum absolute atomic E-state index is 13.1. The van der Waals surface area contributed by atoms with Crippen LogP contribution in [0.1, 0.15) is 24.1 Å². The molecule has 0 radical (unpaired) electrons. The van der Waals surface area contributed by atoms with E-state index in [4.69, 9.17) is 16.3 Å². The number of aliphatic hydroxyl groups is 1. The molecule has 1 heterocycles. The molecular formula is C25H20ClNO4. The van der Waals surface area contributed by atoms with Gasteiger partial charge in [0.15, 0.2) is 0 Å². The molecule has 31 heavy (non-hydrogen) atoms. The van der Waals surface area contributed by atoms with E-state index in [0.717, 1.165) is 0 Å². The Morgan fingerprint density at radius 3 is 2.29 bits per heavy atom. The number of hydrogen-bond acceptors (Lipinski definition) is 4. The molecule has 5 nitrogen and oxygen atoms in total. The fraction of sp³-hybridized carbons (Fsp3) is 0.120. The fourth-order valence-electron chi connectivity index (χ4n) is 3.71. The van der Waals surface area contributed by atoms with Gasteiger partial charge in [-0.1, -0.05) is 60.1 Å². The number of carbonyl (C=O) groups is 2. The molecular weight excluding hydrogens is 414 g/mol. The van der Waals surface area contributed by atoms with Gasteiger partial charge in [0.05, 0.1) is 23.2 Å². The summed E-state index contributed by atoms with van der Waals surface area (Å²) in [6, 6.07) is 22.1. The molecule has 0 bridgehead atoms. The maximum atomic E-state index is 13.1. The highest BCUT2D eigenvalue weighted by Gasteiger charge is 2.46. The lowest BCUT2D eigenvalue weighted by atomic mass is 9.95. The van der Waals surface area contributed by atoms with Crippen molar-refractivity contribution in [2.45, 2.75) is 13.0 Å². The third kappa shape index (κ3) is 3.80. The Morgan fingerprint density at radius 2 is 1.65 bits per heavy atom. The van der Waals surface area contributed by atoms with Crippen LogP contribution < -0.4 is 9.64 Å². The summed E-state index contributed by atoms with van der Waals surface area (Å²) < 4.78 is 5.51. The van der Waals surface area contributed by atoms with Crippen LogP contribution >= 0.6 is 11.6 Å². The first kappa shape index (κ1) is 20.7. The molecule has 1 fully saturated rings. The molecule has 156 valence electrons. The smallest absolute Gasteiger partial charge is 0.300 e. The zero-order valence-corrected chi connectivity index (χ0v) is 17.5. The lowest BCUT2D eigenvalue weighted by Crippen LogP contribution is -2.29. The van der Waals surface area contributed by atoms with Gasteiger partial charge in [-0.25, -0.2) is 0 Å². The summed E-state index contributed by atoms with van der Waals surface area (Å²) >= 11 is 6.17. The Hall–Kier alpha value is -3.57. The zero-order valence-electron chi connectivity index (χ0n) is 16.8. The van der Waals surface area contributed by atoms with Crippen molar-refractivity contribution >= 4 is 34.7 Å². The second kappa shape index (κ2) is 8.66. The number of anilines is 1. The summed E-state index contributed by atoms with van der Waals surface area (Å²) in [6.07, 6.45) is 0. The number of hydrogen-bond donors (Lipinski definition) is 1. The summed E-state index contributed by atoms with van der Waals surface area (Å²) in [4.78, 5) is 27.6. The number of carbonyl (C=O) groups excluding carboxylic acids is 2. The molecule has 0 aliphatic carbocycles. The van der Waals surface area contributed by atoms with Crippen molar-refractivity contribution in [3.05, 3.63) is 101 Å². The van der Waals surface area contributed by atoms with Crippen LogP contribution in [-0.2, 0) is 9.59 Å². The van der Waals surface area contributed by atoms with Gasteiger partial charge in [0.1, 0.15) is 11.5 Å². The van der Waals surface area contributed by atoms with E-state index in [9.17, 15) is 14.7 Å². The number of halogens is 1. The average Bonchev–Trinajstić information content (AvgIpc) is 3.07. The fourth-order valence-corrected chi connectivity index (χ4v) is 3.88. The second-order valence-electron chi connectivity index (χ2n) is 6.99. The van der Waals surface area contributed by atoms with E-state index in [1.165, 1.54) is 4.90 Å². The van der Waals surface area contributed by atoms with Gasteiger partial charge < -0.3 is 9.84 Å². The van der Waals surface area contributed by atoms with Gasteiger partial charge in [-0.2, -0.15) is 0 Å². The SMILES string of the molecule is CCOc1cc(/C(O)=C2/C(=O)C(=O)N(c3ccccc3)C2c2ccccc2)ccc1Cl. The molecule has 0 spiro atoms. The number of benzene rings is 3. The summed E-state index contributed by atoms with van der Waals surface area (Å²) in [6.45, 7) is 2.22. The Labute approximate surface area is 185 Å². The molecule has 3 aromatic rings. The van der Waals surface area contributed by atoms with Crippen molar-refractivity contribution in [1.82, 2.24) is 0 Å². The number of nitrogens with zero attached hydrogens (tertiary/aromatic N) is 1. The number of Topliss-reactive ketones (excluding diaryl/α,β-unsaturated/α-hetero) is 1. The van der Waals surface area contributed by atoms with E-state index in [-0.39, 0.29) is 11.3 Å². The molecule has 3 aromatic carbocycles. The number of aliphatic hydroxyl groups excluding tert-OH is 1. The van der Waals surface area contributed by atoms with Crippen LogP contribution in [-0.4, -0.2) is 23.4 Å².